The van der Waals surface area contributed by atoms with E-state index in [9.17, 15) is 15.2 Å². The number of hydrogen-bond donors (Lipinski definition) is 3. The van der Waals surface area contributed by atoms with Crippen molar-refractivity contribution in [3.8, 4) is 6.07 Å². The molecular weight excluding hydrogens is 458 g/mol. The highest BCUT2D eigenvalue weighted by atomic mass is 35.5. The summed E-state index contributed by atoms with van der Waals surface area (Å²) < 4.78 is 1.41. The number of nitriles is 1. The molecule has 4 rings (SSSR count). The van der Waals surface area contributed by atoms with E-state index in [4.69, 9.17) is 11.6 Å². The maximum Gasteiger partial charge on any atom is 0.411 e. The van der Waals surface area contributed by atoms with Crippen LogP contribution in [0.3, 0.4) is 0 Å². The van der Waals surface area contributed by atoms with Gasteiger partial charge in [-0.05, 0) is 63.5 Å². The van der Waals surface area contributed by atoms with Crippen LogP contribution in [0.25, 0.3) is 5.65 Å². The Morgan fingerprint density at radius 2 is 2.12 bits per heavy atom. The van der Waals surface area contributed by atoms with Gasteiger partial charge in [0, 0.05) is 19.3 Å². The largest absolute Gasteiger partial charge is 0.465 e. The second kappa shape index (κ2) is 9.70. The van der Waals surface area contributed by atoms with Gasteiger partial charge in [0.1, 0.15) is 6.07 Å². The van der Waals surface area contributed by atoms with E-state index in [0.29, 0.717) is 34.4 Å². The Morgan fingerprint density at radius 1 is 1.38 bits per heavy atom. The number of fused-ring (bicyclic) bond motifs is 1. The fourth-order valence-corrected chi connectivity index (χ4v) is 4.37. The fourth-order valence-electron chi connectivity index (χ4n) is 4.06. The van der Waals surface area contributed by atoms with Crippen molar-refractivity contribution in [1.82, 2.24) is 24.5 Å². The summed E-state index contributed by atoms with van der Waals surface area (Å²) in [7, 11) is 3.57. The lowest BCUT2D eigenvalue weighted by atomic mass is 9.89. The number of likely N-dealkylation sites (tertiary alicyclic amines) is 1. The van der Waals surface area contributed by atoms with Gasteiger partial charge in [-0.3, -0.25) is 4.90 Å². The first-order valence-electron chi connectivity index (χ1n) is 11.0. The molecule has 2 aromatic heterocycles. The van der Waals surface area contributed by atoms with E-state index in [-0.39, 0.29) is 17.6 Å². The van der Waals surface area contributed by atoms with E-state index in [1.54, 1.807) is 6.07 Å². The number of benzene rings is 1. The highest BCUT2D eigenvalue weighted by Crippen LogP contribution is 2.40. The lowest BCUT2D eigenvalue weighted by molar-refractivity contribution is 0.203. The first-order valence-corrected chi connectivity index (χ1v) is 11.4. The number of halogens is 1. The minimum absolute atomic E-state index is 0.198. The average Bonchev–Trinajstić information content (AvgIpc) is 3.24. The molecule has 1 aliphatic rings. The molecular formula is C22H26ClN9O2. The Hall–Kier alpha value is -3.62. The van der Waals surface area contributed by atoms with Crippen molar-refractivity contribution >= 4 is 46.5 Å². The van der Waals surface area contributed by atoms with Gasteiger partial charge in [-0.15, -0.1) is 5.10 Å². The number of hydrogen-bond acceptors (Lipinski definition) is 8. The Morgan fingerprint density at radius 3 is 2.76 bits per heavy atom. The molecule has 3 heterocycles. The van der Waals surface area contributed by atoms with E-state index < -0.39 is 6.09 Å². The molecule has 12 heteroatoms. The molecule has 0 saturated carbocycles. The monoisotopic (exact) mass is 483 g/mol. The normalized spacial score (nSPS) is 14.7. The molecule has 1 amide bonds. The minimum atomic E-state index is -1.08. The van der Waals surface area contributed by atoms with Gasteiger partial charge in [-0.25, -0.2) is 9.78 Å². The number of nitrogens with one attached hydrogen (secondary N) is 2. The summed E-state index contributed by atoms with van der Waals surface area (Å²) in [6.07, 6.45) is 2.20. The Kier molecular flexibility index (Phi) is 6.72. The van der Waals surface area contributed by atoms with Crippen LogP contribution in [0, 0.1) is 11.3 Å². The van der Waals surface area contributed by atoms with Crippen LogP contribution in [-0.4, -0.2) is 69.4 Å². The van der Waals surface area contributed by atoms with Gasteiger partial charge >= 0.3 is 6.09 Å². The number of aromatic nitrogens is 4. The SMILES string of the molecule is CCNc1nc(Nc2cc(N(C)C(=O)O)cc(C3CCN(C)CC3)c2Cl)nn2c(C#N)cnc12. The van der Waals surface area contributed by atoms with Crippen molar-refractivity contribution in [1.29, 1.82) is 5.26 Å². The number of imidazole rings is 1. The molecule has 3 N–H and O–H groups in total. The van der Waals surface area contributed by atoms with Crippen LogP contribution < -0.4 is 15.5 Å². The van der Waals surface area contributed by atoms with Crippen LogP contribution in [0.5, 0.6) is 0 Å². The molecule has 34 heavy (non-hydrogen) atoms. The summed E-state index contributed by atoms with van der Waals surface area (Å²) in [6, 6.07) is 5.57. The van der Waals surface area contributed by atoms with E-state index in [0.717, 1.165) is 36.4 Å². The third kappa shape index (κ3) is 4.55. The number of amides is 1. The van der Waals surface area contributed by atoms with Crippen molar-refractivity contribution < 1.29 is 9.90 Å². The van der Waals surface area contributed by atoms with Crippen molar-refractivity contribution in [2.24, 2.45) is 0 Å². The molecule has 0 bridgehead atoms. The Bertz CT molecular complexity index is 1260. The Labute approximate surface area is 202 Å². The molecule has 1 saturated heterocycles. The second-order valence-corrected chi connectivity index (χ2v) is 8.62. The Balaban J connectivity index is 1.80. The topological polar surface area (TPSA) is 135 Å². The molecule has 1 aliphatic heterocycles. The van der Waals surface area contributed by atoms with Gasteiger partial charge in [-0.1, -0.05) is 11.6 Å². The van der Waals surface area contributed by atoms with Crippen molar-refractivity contribution in [3.05, 3.63) is 34.6 Å². The summed E-state index contributed by atoms with van der Waals surface area (Å²) in [5.41, 5.74) is 2.55. The summed E-state index contributed by atoms with van der Waals surface area (Å²) in [6.45, 7) is 4.40. The summed E-state index contributed by atoms with van der Waals surface area (Å²) >= 11 is 6.86. The highest BCUT2D eigenvalue weighted by molar-refractivity contribution is 6.34. The van der Waals surface area contributed by atoms with Gasteiger partial charge in [0.25, 0.3) is 0 Å². The van der Waals surface area contributed by atoms with Gasteiger partial charge in [0.2, 0.25) is 5.95 Å². The van der Waals surface area contributed by atoms with Crippen LogP contribution in [0.4, 0.5) is 27.9 Å². The summed E-state index contributed by atoms with van der Waals surface area (Å²) in [5.74, 6) is 0.863. The van der Waals surface area contributed by atoms with Crippen molar-refractivity contribution in [2.75, 3.05) is 49.3 Å². The fraction of sp³-hybridized carbons (Fsp3) is 0.409. The molecule has 0 atom stereocenters. The number of piperidine rings is 1. The molecule has 178 valence electrons. The van der Waals surface area contributed by atoms with E-state index in [1.165, 1.54) is 17.8 Å². The molecule has 3 aromatic rings. The summed E-state index contributed by atoms with van der Waals surface area (Å²) in [5, 5.41) is 30.2. The highest BCUT2D eigenvalue weighted by Gasteiger charge is 2.25. The molecule has 0 spiro atoms. The van der Waals surface area contributed by atoms with Crippen LogP contribution in [0.2, 0.25) is 5.02 Å². The third-order valence-corrected chi connectivity index (χ3v) is 6.41. The zero-order chi connectivity index (χ0) is 24.4. The van der Waals surface area contributed by atoms with Gasteiger partial charge in [0.05, 0.1) is 16.9 Å². The van der Waals surface area contributed by atoms with Crippen molar-refractivity contribution in [2.45, 2.75) is 25.7 Å². The molecule has 0 radical (unpaired) electrons. The van der Waals surface area contributed by atoms with E-state index in [2.05, 4.69) is 43.7 Å². The lowest BCUT2D eigenvalue weighted by Crippen LogP contribution is -2.29. The number of carbonyl (C=O) groups is 1. The maximum atomic E-state index is 11.7. The standard InChI is InChI=1S/C22H26ClN9O2/c1-4-25-19-20-26-12-15(11-24)32(20)29-21(28-19)27-17-10-14(31(3)22(33)34)9-16(18(17)23)13-5-7-30(2)8-6-13/h9-10,12-13H,4-8H2,1-3H3,(H,33,34)(H2,25,27,28,29). The zero-order valence-corrected chi connectivity index (χ0v) is 20.0. The van der Waals surface area contributed by atoms with Crippen LogP contribution in [0.15, 0.2) is 18.3 Å². The van der Waals surface area contributed by atoms with E-state index >= 15 is 0 Å². The van der Waals surface area contributed by atoms with Crippen LogP contribution >= 0.6 is 11.6 Å². The third-order valence-electron chi connectivity index (χ3n) is 5.99. The van der Waals surface area contributed by atoms with Crippen molar-refractivity contribution in [3.63, 3.8) is 0 Å². The summed E-state index contributed by atoms with van der Waals surface area (Å²) in [4.78, 5) is 23.8. The number of rotatable bonds is 6. The number of nitrogens with zero attached hydrogens (tertiary/aromatic N) is 7. The first-order chi connectivity index (χ1) is 16.3. The van der Waals surface area contributed by atoms with Gasteiger partial charge in [0.15, 0.2) is 17.2 Å². The molecule has 1 fully saturated rings. The van der Waals surface area contributed by atoms with Gasteiger partial charge in [-0.2, -0.15) is 14.8 Å². The quantitative estimate of drug-likeness (QED) is 0.479. The van der Waals surface area contributed by atoms with Gasteiger partial charge < -0.3 is 20.6 Å². The molecule has 0 unspecified atom stereocenters. The molecule has 11 nitrogen and oxygen atoms in total. The molecule has 0 aliphatic carbocycles. The smallest absolute Gasteiger partial charge is 0.411 e. The predicted molar refractivity (Wildman–Crippen MR) is 130 cm³/mol. The number of carboxylic acid groups (broad SMARTS) is 1. The predicted octanol–water partition coefficient (Wildman–Crippen LogP) is 3.75. The first kappa shape index (κ1) is 23.5. The van der Waals surface area contributed by atoms with Crippen LogP contribution in [0.1, 0.15) is 36.9 Å². The minimum Gasteiger partial charge on any atom is -0.465 e. The average molecular weight is 484 g/mol. The zero-order valence-electron chi connectivity index (χ0n) is 19.2. The maximum absolute atomic E-state index is 11.7. The molecule has 1 aromatic carbocycles. The van der Waals surface area contributed by atoms with Crippen LogP contribution in [-0.2, 0) is 0 Å². The number of anilines is 4. The van der Waals surface area contributed by atoms with E-state index in [1.807, 2.05) is 13.0 Å². The lowest BCUT2D eigenvalue weighted by Gasteiger charge is -2.31. The second-order valence-electron chi connectivity index (χ2n) is 8.25.